The number of nitrogens with zero attached hydrogens (tertiary/aromatic N) is 1. The zero-order chi connectivity index (χ0) is 20.4. The maximum Gasteiger partial charge on any atom is 0.339 e. The molecular weight excluding hydrogens is 364 g/mol. The van der Waals surface area contributed by atoms with E-state index in [0.717, 1.165) is 46.1 Å². The van der Waals surface area contributed by atoms with Crippen LogP contribution in [0, 0.1) is 5.92 Å². The van der Waals surface area contributed by atoms with Gasteiger partial charge in [-0.05, 0) is 47.6 Å². The molecule has 1 aliphatic rings. The second-order valence-electron chi connectivity index (χ2n) is 7.47. The molecule has 1 heterocycles. The van der Waals surface area contributed by atoms with Crippen LogP contribution in [0.25, 0.3) is 22.6 Å². The Bertz CT molecular complexity index is 1120. The van der Waals surface area contributed by atoms with E-state index in [0.29, 0.717) is 11.5 Å². The van der Waals surface area contributed by atoms with Gasteiger partial charge in [-0.25, -0.2) is 9.78 Å². The number of fused-ring (bicyclic) bond motifs is 2. The molecule has 29 heavy (non-hydrogen) atoms. The minimum Gasteiger partial charge on any atom is -0.452 e. The highest BCUT2D eigenvalue weighted by molar-refractivity contribution is 6.07. The number of hydrogen-bond acceptors (Lipinski definition) is 4. The molecule has 5 nitrogen and oxygen atoms in total. The molecule has 146 valence electrons. The Hall–Kier alpha value is -3.47. The van der Waals surface area contributed by atoms with Gasteiger partial charge in [-0.2, -0.15) is 0 Å². The Kier molecular flexibility index (Phi) is 5.12. The molecule has 0 saturated carbocycles. The lowest BCUT2D eigenvalue weighted by Gasteiger charge is -2.26. The third-order valence-corrected chi connectivity index (χ3v) is 5.11. The zero-order valence-electron chi connectivity index (χ0n) is 16.2. The average Bonchev–Trinajstić information content (AvgIpc) is 2.71. The van der Waals surface area contributed by atoms with Crippen LogP contribution >= 0.6 is 0 Å². The van der Waals surface area contributed by atoms with E-state index in [2.05, 4.69) is 25.1 Å². The summed E-state index contributed by atoms with van der Waals surface area (Å²) < 4.78 is 5.19. The molecule has 3 aromatic rings. The minimum atomic E-state index is -0.677. The van der Waals surface area contributed by atoms with Crippen LogP contribution in [-0.2, 0) is 16.0 Å². The van der Waals surface area contributed by atoms with Gasteiger partial charge >= 0.3 is 5.97 Å². The molecule has 2 N–H and O–H groups in total. The average molecular weight is 386 g/mol. The maximum atomic E-state index is 12.9. The highest BCUT2D eigenvalue weighted by Gasteiger charge is 2.28. The number of pyridine rings is 1. The van der Waals surface area contributed by atoms with Crippen molar-refractivity contribution in [1.29, 1.82) is 0 Å². The standard InChI is InChI=1S/C24H22N2O3/c1-15-11-17(13-16-7-3-2-4-8-16)23-19(12-15)22(24(28)29-14-21(25)27)18-9-5-6-10-20(18)26-23/h2-10,13,15H,11-12,14H2,1H3,(H2,25,27)/b17-13-. The number of amides is 1. The Labute approximate surface area is 169 Å². The largest absolute Gasteiger partial charge is 0.452 e. The molecule has 2 aromatic carbocycles. The number of carbonyl (C=O) groups excluding carboxylic acids is 2. The lowest BCUT2D eigenvalue weighted by atomic mass is 9.80. The number of esters is 1. The van der Waals surface area contributed by atoms with E-state index in [4.69, 9.17) is 15.5 Å². The molecule has 1 aromatic heterocycles. The summed E-state index contributed by atoms with van der Waals surface area (Å²) in [6, 6.07) is 17.6. The van der Waals surface area contributed by atoms with Gasteiger partial charge in [0.05, 0.1) is 16.8 Å². The molecule has 0 aliphatic heterocycles. The van der Waals surface area contributed by atoms with Crippen molar-refractivity contribution in [3.05, 3.63) is 77.0 Å². The topological polar surface area (TPSA) is 82.3 Å². The first-order chi connectivity index (χ1) is 14.0. The number of primary amides is 1. The number of hydrogen-bond donors (Lipinski definition) is 1. The molecule has 1 amide bonds. The number of rotatable bonds is 4. The minimum absolute atomic E-state index is 0.350. The van der Waals surface area contributed by atoms with Crippen molar-refractivity contribution in [2.24, 2.45) is 11.7 Å². The highest BCUT2D eigenvalue weighted by atomic mass is 16.5. The summed E-state index contributed by atoms with van der Waals surface area (Å²) in [6.07, 6.45) is 3.73. The predicted molar refractivity (Wildman–Crippen MR) is 113 cm³/mol. The number of benzene rings is 2. The smallest absolute Gasteiger partial charge is 0.339 e. The Morgan fingerprint density at radius 2 is 1.83 bits per heavy atom. The lowest BCUT2D eigenvalue weighted by molar-refractivity contribution is -0.121. The third kappa shape index (κ3) is 3.90. The van der Waals surface area contributed by atoms with E-state index in [9.17, 15) is 9.59 Å². The summed E-state index contributed by atoms with van der Waals surface area (Å²) in [6.45, 7) is 1.72. The van der Waals surface area contributed by atoms with Crippen LogP contribution in [-0.4, -0.2) is 23.5 Å². The van der Waals surface area contributed by atoms with Crippen molar-refractivity contribution in [3.63, 3.8) is 0 Å². The fourth-order valence-corrected chi connectivity index (χ4v) is 3.93. The van der Waals surface area contributed by atoms with Crippen molar-refractivity contribution in [3.8, 4) is 0 Å². The van der Waals surface area contributed by atoms with Crippen LogP contribution in [0.1, 0.15) is 40.5 Å². The summed E-state index contributed by atoms with van der Waals surface area (Å²) in [5.41, 5.74) is 10.3. The maximum absolute atomic E-state index is 12.9. The molecule has 0 saturated heterocycles. The van der Waals surface area contributed by atoms with E-state index >= 15 is 0 Å². The van der Waals surface area contributed by atoms with E-state index in [1.165, 1.54) is 0 Å². The molecule has 0 spiro atoms. The number of allylic oxidation sites excluding steroid dienone is 1. The lowest BCUT2D eigenvalue weighted by Crippen LogP contribution is -2.23. The Morgan fingerprint density at radius 3 is 2.59 bits per heavy atom. The Balaban J connectivity index is 1.91. The summed E-state index contributed by atoms with van der Waals surface area (Å²) in [5, 5.41) is 0.730. The van der Waals surface area contributed by atoms with Crippen molar-refractivity contribution in [2.45, 2.75) is 19.8 Å². The quantitative estimate of drug-likeness (QED) is 0.687. The number of para-hydroxylation sites is 1. The Morgan fingerprint density at radius 1 is 1.10 bits per heavy atom. The molecule has 1 aliphatic carbocycles. The molecule has 1 atom stereocenters. The monoisotopic (exact) mass is 386 g/mol. The normalized spacial score (nSPS) is 17.1. The van der Waals surface area contributed by atoms with Gasteiger partial charge in [0, 0.05) is 5.39 Å². The van der Waals surface area contributed by atoms with Crippen LogP contribution in [0.4, 0.5) is 0 Å². The van der Waals surface area contributed by atoms with E-state index < -0.39 is 18.5 Å². The number of nitrogens with two attached hydrogens (primary N) is 1. The van der Waals surface area contributed by atoms with E-state index in [1.54, 1.807) is 0 Å². The number of aromatic nitrogens is 1. The molecule has 0 radical (unpaired) electrons. The molecule has 1 unspecified atom stereocenters. The zero-order valence-corrected chi connectivity index (χ0v) is 16.2. The summed E-state index contributed by atoms with van der Waals surface area (Å²) in [7, 11) is 0. The van der Waals surface area contributed by atoms with Gasteiger partial charge in [-0.3, -0.25) is 4.79 Å². The molecule has 0 bridgehead atoms. The fourth-order valence-electron chi connectivity index (χ4n) is 3.93. The summed E-state index contributed by atoms with van der Waals surface area (Å²) in [4.78, 5) is 28.9. The first-order valence-corrected chi connectivity index (χ1v) is 9.66. The first-order valence-electron chi connectivity index (χ1n) is 9.66. The number of ether oxygens (including phenoxy) is 1. The van der Waals surface area contributed by atoms with Gasteiger partial charge in [0.1, 0.15) is 0 Å². The van der Waals surface area contributed by atoms with Crippen LogP contribution in [0.15, 0.2) is 54.6 Å². The molecular formula is C24H22N2O3. The van der Waals surface area contributed by atoms with Crippen LogP contribution in [0.2, 0.25) is 0 Å². The third-order valence-electron chi connectivity index (χ3n) is 5.11. The van der Waals surface area contributed by atoms with Crippen molar-refractivity contribution < 1.29 is 14.3 Å². The first kappa shape index (κ1) is 18.9. The van der Waals surface area contributed by atoms with E-state index in [1.807, 2.05) is 42.5 Å². The SMILES string of the molecule is CC1C/C(=C/c2ccccc2)c2nc3ccccc3c(C(=O)OCC(N)=O)c2C1. The predicted octanol–water partition coefficient (Wildman–Crippen LogP) is 4.00. The summed E-state index contributed by atoms with van der Waals surface area (Å²) in [5.74, 6) is -0.862. The number of carbonyl (C=O) groups is 2. The van der Waals surface area contributed by atoms with Gasteiger partial charge in [-0.15, -0.1) is 0 Å². The second kappa shape index (κ2) is 7.87. The van der Waals surface area contributed by atoms with E-state index in [-0.39, 0.29) is 0 Å². The van der Waals surface area contributed by atoms with Crippen molar-refractivity contribution in [2.75, 3.05) is 6.61 Å². The van der Waals surface area contributed by atoms with Crippen LogP contribution in [0.3, 0.4) is 0 Å². The fraction of sp³-hybridized carbons (Fsp3) is 0.208. The van der Waals surface area contributed by atoms with Crippen molar-refractivity contribution >= 4 is 34.4 Å². The summed E-state index contributed by atoms with van der Waals surface area (Å²) >= 11 is 0. The van der Waals surface area contributed by atoms with Gasteiger partial charge in [0.2, 0.25) is 0 Å². The molecule has 0 fully saturated rings. The van der Waals surface area contributed by atoms with Gasteiger partial charge in [-0.1, -0.05) is 55.5 Å². The van der Waals surface area contributed by atoms with Crippen molar-refractivity contribution in [1.82, 2.24) is 4.98 Å². The van der Waals surface area contributed by atoms with Gasteiger partial charge in [0.25, 0.3) is 5.91 Å². The van der Waals surface area contributed by atoms with Gasteiger partial charge in [0.15, 0.2) is 6.61 Å². The second-order valence-corrected chi connectivity index (χ2v) is 7.47. The van der Waals surface area contributed by atoms with Gasteiger partial charge < -0.3 is 10.5 Å². The highest BCUT2D eigenvalue weighted by Crippen LogP contribution is 2.38. The van der Waals surface area contributed by atoms with Crippen LogP contribution < -0.4 is 5.73 Å². The molecule has 5 heteroatoms. The van der Waals surface area contributed by atoms with Crippen LogP contribution in [0.5, 0.6) is 0 Å². The molecule has 4 rings (SSSR count).